The third-order valence-electron chi connectivity index (χ3n) is 2.13. The van der Waals surface area contributed by atoms with Crippen molar-refractivity contribution in [1.82, 2.24) is 0 Å². The van der Waals surface area contributed by atoms with Gasteiger partial charge < -0.3 is 14.6 Å². The molecule has 1 aliphatic heterocycles. The first-order valence-electron chi connectivity index (χ1n) is 4.34. The van der Waals surface area contributed by atoms with Crippen LogP contribution in [0.3, 0.4) is 0 Å². The van der Waals surface area contributed by atoms with Crippen molar-refractivity contribution in [2.45, 2.75) is 37.7 Å². The normalized spacial score (nSPS) is 38.8. The summed E-state index contributed by atoms with van der Waals surface area (Å²) in [7, 11) is 5.60. The average molecular weight is 180 g/mol. The molecule has 1 saturated heterocycles. The topological polar surface area (TPSA) is 38.7 Å². The van der Waals surface area contributed by atoms with Crippen LogP contribution in [0.5, 0.6) is 0 Å². The fourth-order valence-corrected chi connectivity index (χ4v) is 1.44. The smallest absolute Gasteiger partial charge is 0.112 e. The number of aliphatic hydroxyl groups is 1. The van der Waals surface area contributed by atoms with Crippen molar-refractivity contribution >= 4 is 7.85 Å². The molecule has 4 atom stereocenters. The molecule has 1 N–H and O–H groups in total. The lowest BCUT2D eigenvalue weighted by Crippen LogP contribution is -2.35. The summed E-state index contributed by atoms with van der Waals surface area (Å²) in [6.45, 7) is 2.07. The molecule has 1 heterocycles. The minimum atomic E-state index is -0.673. The van der Waals surface area contributed by atoms with Crippen LogP contribution in [-0.4, -0.2) is 43.9 Å². The maximum absolute atomic E-state index is 9.65. The molecule has 0 aromatic carbocycles. The molecule has 4 heteroatoms. The number of aliphatic hydroxyl groups excluding tert-OH is 1. The lowest BCUT2D eigenvalue weighted by atomic mass is 9.92. The van der Waals surface area contributed by atoms with Crippen LogP contribution in [0.25, 0.3) is 0 Å². The van der Waals surface area contributed by atoms with Gasteiger partial charge in [-0.3, -0.25) is 0 Å². The SMILES string of the molecule is [B]C1OC(CC)C(O)C1OCC#C. The van der Waals surface area contributed by atoms with Crippen molar-refractivity contribution in [2.24, 2.45) is 0 Å². The van der Waals surface area contributed by atoms with Crippen LogP contribution in [0, 0.1) is 12.3 Å². The Balaban J connectivity index is 2.49. The van der Waals surface area contributed by atoms with Crippen LogP contribution in [-0.2, 0) is 9.47 Å². The third-order valence-corrected chi connectivity index (χ3v) is 2.13. The van der Waals surface area contributed by atoms with Crippen molar-refractivity contribution in [1.29, 1.82) is 0 Å². The summed E-state index contributed by atoms with van der Waals surface area (Å²) < 4.78 is 10.4. The molecule has 0 aliphatic carbocycles. The quantitative estimate of drug-likeness (QED) is 0.477. The van der Waals surface area contributed by atoms with Crippen LogP contribution in [0.4, 0.5) is 0 Å². The van der Waals surface area contributed by atoms with Crippen LogP contribution in [0.1, 0.15) is 13.3 Å². The summed E-state index contributed by atoms with van der Waals surface area (Å²) >= 11 is 0. The number of ether oxygens (including phenoxy) is 2. The van der Waals surface area contributed by atoms with Gasteiger partial charge in [0.05, 0.1) is 6.10 Å². The summed E-state index contributed by atoms with van der Waals surface area (Å²) in [5.41, 5.74) is 0. The highest BCUT2D eigenvalue weighted by Crippen LogP contribution is 2.23. The second-order valence-corrected chi connectivity index (χ2v) is 3.02. The highest BCUT2D eigenvalue weighted by atomic mass is 16.6. The van der Waals surface area contributed by atoms with E-state index in [1.165, 1.54) is 0 Å². The molecule has 1 fully saturated rings. The maximum Gasteiger partial charge on any atom is 0.112 e. The van der Waals surface area contributed by atoms with E-state index in [1.54, 1.807) is 0 Å². The van der Waals surface area contributed by atoms with E-state index in [-0.39, 0.29) is 12.7 Å². The number of terminal acetylenes is 1. The van der Waals surface area contributed by atoms with Crippen molar-refractivity contribution in [3.63, 3.8) is 0 Å². The van der Waals surface area contributed by atoms with E-state index in [4.69, 9.17) is 23.7 Å². The molecule has 0 saturated carbocycles. The van der Waals surface area contributed by atoms with E-state index in [1.807, 2.05) is 6.92 Å². The Morgan fingerprint density at radius 2 is 2.38 bits per heavy atom. The minimum Gasteiger partial charge on any atom is -0.388 e. The van der Waals surface area contributed by atoms with Gasteiger partial charge in [0.1, 0.15) is 26.7 Å². The van der Waals surface area contributed by atoms with E-state index < -0.39 is 18.2 Å². The molecule has 3 nitrogen and oxygen atoms in total. The van der Waals surface area contributed by atoms with Gasteiger partial charge in [-0.05, 0) is 6.42 Å². The van der Waals surface area contributed by atoms with E-state index >= 15 is 0 Å². The van der Waals surface area contributed by atoms with Gasteiger partial charge in [0.2, 0.25) is 0 Å². The third kappa shape index (κ3) is 2.25. The van der Waals surface area contributed by atoms with Crippen molar-refractivity contribution in [3.05, 3.63) is 0 Å². The van der Waals surface area contributed by atoms with Gasteiger partial charge in [-0.15, -0.1) is 6.42 Å². The van der Waals surface area contributed by atoms with Gasteiger partial charge >= 0.3 is 0 Å². The molecule has 0 aromatic heterocycles. The van der Waals surface area contributed by atoms with E-state index in [0.29, 0.717) is 6.42 Å². The van der Waals surface area contributed by atoms with Crippen LogP contribution in [0.2, 0.25) is 0 Å². The highest BCUT2D eigenvalue weighted by Gasteiger charge is 2.40. The van der Waals surface area contributed by atoms with Crippen LogP contribution in [0.15, 0.2) is 0 Å². The number of hydrogen-bond donors (Lipinski definition) is 1. The second-order valence-electron chi connectivity index (χ2n) is 3.02. The molecule has 0 bridgehead atoms. The Morgan fingerprint density at radius 3 is 2.85 bits per heavy atom. The first-order valence-corrected chi connectivity index (χ1v) is 4.34. The lowest BCUT2D eigenvalue weighted by molar-refractivity contribution is -0.00872. The van der Waals surface area contributed by atoms with Gasteiger partial charge in [0.15, 0.2) is 0 Å². The van der Waals surface area contributed by atoms with Gasteiger partial charge in [0.25, 0.3) is 0 Å². The van der Waals surface area contributed by atoms with E-state index in [0.717, 1.165) is 0 Å². The fourth-order valence-electron chi connectivity index (χ4n) is 1.44. The number of rotatable bonds is 3. The zero-order valence-electron chi connectivity index (χ0n) is 7.64. The summed E-state index contributed by atoms with van der Waals surface area (Å²) in [5, 5.41) is 9.65. The number of hydrogen-bond acceptors (Lipinski definition) is 3. The molecule has 70 valence electrons. The zero-order valence-corrected chi connectivity index (χ0v) is 7.64. The molecule has 0 amide bonds. The van der Waals surface area contributed by atoms with Gasteiger partial charge in [-0.2, -0.15) is 0 Å². The molecule has 1 aliphatic rings. The highest BCUT2D eigenvalue weighted by molar-refractivity contribution is 6.11. The van der Waals surface area contributed by atoms with Gasteiger partial charge in [-0.1, -0.05) is 12.8 Å². The molecular formula is C9H13BO3. The maximum atomic E-state index is 9.65. The van der Waals surface area contributed by atoms with Crippen LogP contribution >= 0.6 is 0 Å². The fraction of sp³-hybridized carbons (Fsp3) is 0.778. The Morgan fingerprint density at radius 1 is 1.69 bits per heavy atom. The summed E-state index contributed by atoms with van der Waals surface area (Å²) in [6, 6.07) is -0.576. The predicted octanol–water partition coefficient (Wildman–Crippen LogP) is -0.331. The molecule has 13 heavy (non-hydrogen) atoms. The molecule has 0 spiro atoms. The lowest BCUT2D eigenvalue weighted by Gasteiger charge is -2.17. The van der Waals surface area contributed by atoms with Crippen LogP contribution < -0.4 is 0 Å². The first kappa shape index (κ1) is 10.6. The summed E-state index contributed by atoms with van der Waals surface area (Å²) in [4.78, 5) is 0. The average Bonchev–Trinajstić information content (AvgIpc) is 2.39. The summed E-state index contributed by atoms with van der Waals surface area (Å²) in [5.74, 6) is 2.32. The standard InChI is InChI=1S/C9H13BO3/c1-3-5-12-8-7(11)6(4-2)13-9(8)10/h1,6-9,11H,4-5H2,2H3. The monoisotopic (exact) mass is 180 g/mol. The molecule has 1 rings (SSSR count). The van der Waals surface area contributed by atoms with Gasteiger partial charge in [0, 0.05) is 6.00 Å². The van der Waals surface area contributed by atoms with Crippen molar-refractivity contribution in [2.75, 3.05) is 6.61 Å². The Kier molecular flexibility index (Phi) is 3.79. The molecule has 2 radical (unpaired) electrons. The predicted molar refractivity (Wildman–Crippen MR) is 49.3 cm³/mol. The molecular weight excluding hydrogens is 167 g/mol. The Labute approximate surface area is 79.8 Å². The second kappa shape index (κ2) is 4.66. The Hall–Kier alpha value is -0.495. The largest absolute Gasteiger partial charge is 0.388 e. The molecule has 0 aromatic rings. The first-order chi connectivity index (χ1) is 6.20. The Bertz CT molecular complexity index is 202. The van der Waals surface area contributed by atoms with E-state index in [9.17, 15) is 5.11 Å². The molecule has 4 unspecified atom stereocenters. The minimum absolute atomic E-state index is 0.148. The van der Waals surface area contributed by atoms with Crippen molar-refractivity contribution in [3.8, 4) is 12.3 Å². The van der Waals surface area contributed by atoms with Gasteiger partial charge in [-0.25, -0.2) is 0 Å². The summed E-state index contributed by atoms with van der Waals surface area (Å²) in [6.07, 6.45) is 4.33. The van der Waals surface area contributed by atoms with Crippen molar-refractivity contribution < 1.29 is 14.6 Å². The van der Waals surface area contributed by atoms with E-state index in [2.05, 4.69) is 5.92 Å². The zero-order chi connectivity index (χ0) is 9.84.